The van der Waals surface area contributed by atoms with E-state index in [1.807, 2.05) is 11.4 Å². The summed E-state index contributed by atoms with van der Waals surface area (Å²) in [6, 6.07) is 7.26. The number of halogens is 2. The van der Waals surface area contributed by atoms with Crippen molar-refractivity contribution >= 4 is 33.0 Å². The van der Waals surface area contributed by atoms with E-state index in [4.69, 9.17) is 0 Å². The van der Waals surface area contributed by atoms with Crippen LogP contribution in [0.4, 0.5) is 10.1 Å². The van der Waals surface area contributed by atoms with Gasteiger partial charge in [0.2, 0.25) is 0 Å². The maximum atomic E-state index is 13.1. The van der Waals surface area contributed by atoms with E-state index in [-0.39, 0.29) is 11.9 Å². The van der Waals surface area contributed by atoms with Crippen LogP contribution in [0.3, 0.4) is 0 Å². The molecule has 0 aliphatic heterocycles. The summed E-state index contributed by atoms with van der Waals surface area (Å²) >= 11 is 4.84. The van der Waals surface area contributed by atoms with E-state index in [1.54, 1.807) is 23.5 Å². The molecule has 0 saturated heterocycles. The summed E-state index contributed by atoms with van der Waals surface area (Å²) in [7, 11) is 0. The van der Waals surface area contributed by atoms with E-state index >= 15 is 0 Å². The fourth-order valence-corrected chi connectivity index (χ4v) is 2.46. The number of thiophene rings is 1. The summed E-state index contributed by atoms with van der Waals surface area (Å²) < 4.78 is 13.6. The van der Waals surface area contributed by atoms with Gasteiger partial charge in [0.25, 0.3) is 0 Å². The molecule has 0 fully saturated rings. The molecule has 2 rings (SSSR count). The average Bonchev–Trinajstić information content (AvgIpc) is 2.74. The molecule has 0 radical (unpaired) electrons. The molecule has 1 heterocycles. The van der Waals surface area contributed by atoms with E-state index < -0.39 is 0 Å². The van der Waals surface area contributed by atoms with Gasteiger partial charge in [0.1, 0.15) is 5.82 Å². The Hall–Kier alpha value is -0.870. The number of hydrogen-bond acceptors (Lipinski definition) is 2. The van der Waals surface area contributed by atoms with Crippen LogP contribution in [0.2, 0.25) is 0 Å². The lowest BCUT2D eigenvalue weighted by atomic mass is 10.1. The Bertz CT molecular complexity index is 470. The Kier molecular flexibility index (Phi) is 3.61. The fraction of sp³-hybridized carbons (Fsp3) is 0.167. The molecule has 0 aliphatic carbocycles. The Balaban J connectivity index is 2.14. The predicted octanol–water partition coefficient (Wildman–Crippen LogP) is 4.82. The maximum absolute atomic E-state index is 13.1. The Labute approximate surface area is 106 Å². The zero-order valence-electron chi connectivity index (χ0n) is 8.71. The minimum absolute atomic E-state index is 0.159. The molecule has 0 bridgehead atoms. The summed E-state index contributed by atoms with van der Waals surface area (Å²) in [6.45, 7) is 2.05. The van der Waals surface area contributed by atoms with Crippen molar-refractivity contribution < 1.29 is 4.39 Å². The van der Waals surface area contributed by atoms with Crippen molar-refractivity contribution in [1.82, 2.24) is 0 Å². The zero-order valence-corrected chi connectivity index (χ0v) is 11.1. The first kappa shape index (κ1) is 11.6. The number of anilines is 1. The number of benzene rings is 1. The molecular formula is C12H11BrFNS. The molecular weight excluding hydrogens is 289 g/mol. The fourth-order valence-electron chi connectivity index (χ4n) is 1.46. The van der Waals surface area contributed by atoms with Gasteiger partial charge in [0, 0.05) is 17.1 Å². The third kappa shape index (κ3) is 2.62. The first-order chi connectivity index (χ1) is 7.66. The summed E-state index contributed by atoms with van der Waals surface area (Å²) in [5.41, 5.74) is 2.15. The SMILES string of the molecule is CC(Nc1ccsc1)c1ccc(F)c(Br)c1. The van der Waals surface area contributed by atoms with Crippen LogP contribution in [0.25, 0.3) is 0 Å². The van der Waals surface area contributed by atoms with E-state index in [0.29, 0.717) is 4.47 Å². The molecule has 0 amide bonds. The van der Waals surface area contributed by atoms with Crippen LogP contribution in [0.15, 0.2) is 39.5 Å². The molecule has 1 aromatic carbocycles. The first-order valence-corrected chi connectivity index (χ1v) is 6.64. The van der Waals surface area contributed by atoms with E-state index in [0.717, 1.165) is 11.3 Å². The molecule has 1 N–H and O–H groups in total. The number of hydrogen-bond donors (Lipinski definition) is 1. The van der Waals surface area contributed by atoms with Crippen molar-refractivity contribution in [2.24, 2.45) is 0 Å². The van der Waals surface area contributed by atoms with Crippen LogP contribution in [0.5, 0.6) is 0 Å². The highest BCUT2D eigenvalue weighted by molar-refractivity contribution is 9.10. The van der Waals surface area contributed by atoms with Crippen LogP contribution in [-0.4, -0.2) is 0 Å². The quantitative estimate of drug-likeness (QED) is 0.856. The third-order valence-electron chi connectivity index (χ3n) is 2.35. The number of rotatable bonds is 3. The molecule has 0 aliphatic rings. The lowest BCUT2D eigenvalue weighted by molar-refractivity contribution is 0.619. The molecule has 1 atom stereocenters. The Morgan fingerprint density at radius 2 is 2.19 bits per heavy atom. The smallest absolute Gasteiger partial charge is 0.137 e. The van der Waals surface area contributed by atoms with Crippen molar-refractivity contribution in [1.29, 1.82) is 0 Å². The van der Waals surface area contributed by atoms with Gasteiger partial charge in [0.05, 0.1) is 4.47 Å². The van der Waals surface area contributed by atoms with Crippen LogP contribution in [0, 0.1) is 5.82 Å². The van der Waals surface area contributed by atoms with Crippen LogP contribution >= 0.6 is 27.3 Å². The second-order valence-electron chi connectivity index (χ2n) is 3.55. The highest BCUT2D eigenvalue weighted by atomic mass is 79.9. The summed E-state index contributed by atoms with van der Waals surface area (Å²) in [4.78, 5) is 0. The van der Waals surface area contributed by atoms with Gasteiger partial charge in [-0.2, -0.15) is 11.3 Å². The van der Waals surface area contributed by atoms with Gasteiger partial charge >= 0.3 is 0 Å². The Morgan fingerprint density at radius 3 is 2.81 bits per heavy atom. The molecule has 4 heteroatoms. The van der Waals surface area contributed by atoms with Crippen LogP contribution < -0.4 is 5.32 Å². The standard InChI is InChI=1S/C12H11BrFNS/c1-8(15-10-4-5-16-7-10)9-2-3-12(14)11(13)6-9/h2-8,15H,1H3. The normalized spacial score (nSPS) is 12.4. The minimum Gasteiger partial charge on any atom is -0.378 e. The third-order valence-corrected chi connectivity index (χ3v) is 3.64. The van der Waals surface area contributed by atoms with Gasteiger partial charge in [-0.1, -0.05) is 6.07 Å². The average molecular weight is 300 g/mol. The van der Waals surface area contributed by atoms with E-state index in [2.05, 4.69) is 33.6 Å². The molecule has 2 aromatic rings. The highest BCUT2D eigenvalue weighted by Gasteiger charge is 2.07. The van der Waals surface area contributed by atoms with Crippen molar-refractivity contribution in [3.05, 3.63) is 50.9 Å². The predicted molar refractivity (Wildman–Crippen MR) is 70.5 cm³/mol. The summed E-state index contributed by atoms with van der Waals surface area (Å²) in [6.07, 6.45) is 0. The molecule has 0 saturated carbocycles. The van der Waals surface area contributed by atoms with Crippen molar-refractivity contribution in [3.8, 4) is 0 Å². The largest absolute Gasteiger partial charge is 0.378 e. The molecule has 0 spiro atoms. The van der Waals surface area contributed by atoms with Crippen molar-refractivity contribution in [3.63, 3.8) is 0 Å². The van der Waals surface area contributed by atoms with Gasteiger partial charge < -0.3 is 5.32 Å². The summed E-state index contributed by atoms with van der Waals surface area (Å²) in [5, 5.41) is 7.43. The lowest BCUT2D eigenvalue weighted by Crippen LogP contribution is -2.05. The molecule has 1 unspecified atom stereocenters. The highest BCUT2D eigenvalue weighted by Crippen LogP contribution is 2.24. The zero-order chi connectivity index (χ0) is 11.5. The molecule has 1 aromatic heterocycles. The minimum atomic E-state index is -0.230. The first-order valence-electron chi connectivity index (χ1n) is 4.90. The second-order valence-corrected chi connectivity index (χ2v) is 5.19. The summed E-state index contributed by atoms with van der Waals surface area (Å²) in [5.74, 6) is -0.230. The second kappa shape index (κ2) is 4.97. The van der Waals surface area contributed by atoms with E-state index in [1.165, 1.54) is 6.07 Å². The van der Waals surface area contributed by atoms with Crippen molar-refractivity contribution in [2.45, 2.75) is 13.0 Å². The van der Waals surface area contributed by atoms with Crippen LogP contribution in [-0.2, 0) is 0 Å². The van der Waals surface area contributed by atoms with Gasteiger partial charge in [-0.25, -0.2) is 4.39 Å². The topological polar surface area (TPSA) is 12.0 Å². The maximum Gasteiger partial charge on any atom is 0.137 e. The van der Waals surface area contributed by atoms with Crippen LogP contribution in [0.1, 0.15) is 18.5 Å². The lowest BCUT2D eigenvalue weighted by Gasteiger charge is -2.14. The van der Waals surface area contributed by atoms with Gasteiger partial charge in [-0.05, 0) is 52.0 Å². The van der Waals surface area contributed by atoms with Gasteiger partial charge in [-0.3, -0.25) is 0 Å². The Morgan fingerprint density at radius 1 is 1.38 bits per heavy atom. The number of nitrogens with one attached hydrogen (secondary N) is 1. The van der Waals surface area contributed by atoms with Crippen molar-refractivity contribution in [2.75, 3.05) is 5.32 Å². The molecule has 84 valence electrons. The monoisotopic (exact) mass is 299 g/mol. The van der Waals surface area contributed by atoms with E-state index in [9.17, 15) is 4.39 Å². The molecule has 1 nitrogen and oxygen atoms in total. The van der Waals surface area contributed by atoms with Gasteiger partial charge in [0.15, 0.2) is 0 Å². The van der Waals surface area contributed by atoms with Gasteiger partial charge in [-0.15, -0.1) is 0 Å². The molecule has 16 heavy (non-hydrogen) atoms.